The molecule has 3 heterocycles. The number of likely N-dealkylation sites (N-methyl/N-ethyl adjacent to an activating group) is 1. The lowest BCUT2D eigenvalue weighted by Crippen LogP contribution is -2.46. The molecule has 0 unspecified atom stereocenters. The molecule has 3 aromatic carbocycles. The quantitative estimate of drug-likeness (QED) is 0.409. The van der Waals surface area contributed by atoms with Crippen LogP contribution in [0.15, 0.2) is 88.8 Å². The molecule has 8 nitrogen and oxygen atoms in total. The third kappa shape index (κ3) is 4.14. The van der Waals surface area contributed by atoms with Crippen LogP contribution in [0.25, 0.3) is 22.4 Å². The molecule has 0 saturated carbocycles. The van der Waals surface area contributed by atoms with Crippen LogP contribution >= 0.6 is 0 Å². The van der Waals surface area contributed by atoms with Gasteiger partial charge in [0.25, 0.3) is 5.91 Å². The van der Waals surface area contributed by atoms with E-state index in [0.29, 0.717) is 41.2 Å². The van der Waals surface area contributed by atoms with Crippen molar-refractivity contribution in [3.05, 3.63) is 95.6 Å². The molecule has 2 N–H and O–H groups in total. The first-order valence-electron chi connectivity index (χ1n) is 12.4. The van der Waals surface area contributed by atoms with Gasteiger partial charge in [0.2, 0.25) is 10.0 Å². The summed E-state index contributed by atoms with van der Waals surface area (Å²) in [4.78, 5) is 22.4. The minimum absolute atomic E-state index is 0.0929. The maximum absolute atomic E-state index is 13.0. The van der Waals surface area contributed by atoms with Gasteiger partial charge in [0.1, 0.15) is 0 Å². The van der Waals surface area contributed by atoms with Crippen molar-refractivity contribution in [3.63, 3.8) is 0 Å². The number of sulfonamides is 1. The summed E-state index contributed by atoms with van der Waals surface area (Å²) in [5.41, 5.74) is 4.99. The summed E-state index contributed by atoms with van der Waals surface area (Å²) in [6, 6.07) is 23.7. The highest BCUT2D eigenvalue weighted by Gasteiger charge is 2.33. The van der Waals surface area contributed by atoms with Gasteiger partial charge in [0.15, 0.2) is 5.88 Å². The molecule has 1 aromatic heterocycles. The van der Waals surface area contributed by atoms with Crippen LogP contribution in [-0.4, -0.2) is 72.6 Å². The maximum atomic E-state index is 13.0. The maximum Gasteiger partial charge on any atom is 0.280 e. The molecule has 2 aliphatic rings. The molecule has 192 valence electrons. The SMILES string of the molecule is CN1CCN(S(=O)(=O)c2ccc(-c3ccc(C4=NC(=O)c5c(-c6ccccc6)[nH]c(O)c54)cc3)cc2)CC1. The van der Waals surface area contributed by atoms with Crippen LogP contribution in [0.5, 0.6) is 5.88 Å². The second-order valence-corrected chi connectivity index (χ2v) is 11.5. The van der Waals surface area contributed by atoms with Crippen molar-refractivity contribution < 1.29 is 18.3 Å². The Morgan fingerprint density at radius 1 is 0.763 bits per heavy atom. The number of aromatic nitrogens is 1. The van der Waals surface area contributed by atoms with Crippen LogP contribution in [-0.2, 0) is 10.0 Å². The van der Waals surface area contributed by atoms with Gasteiger partial charge in [0, 0.05) is 31.7 Å². The molecular formula is C29H26N4O4S. The molecule has 4 aromatic rings. The number of nitrogens with one attached hydrogen (secondary N) is 1. The number of benzene rings is 3. The van der Waals surface area contributed by atoms with Gasteiger partial charge in [-0.1, -0.05) is 66.7 Å². The molecule has 0 atom stereocenters. The molecule has 1 saturated heterocycles. The molecule has 1 fully saturated rings. The summed E-state index contributed by atoms with van der Waals surface area (Å²) in [6.45, 7) is 2.41. The van der Waals surface area contributed by atoms with Crippen LogP contribution in [0.4, 0.5) is 0 Å². The summed E-state index contributed by atoms with van der Waals surface area (Å²) in [7, 11) is -1.54. The zero-order chi connectivity index (χ0) is 26.4. The highest BCUT2D eigenvalue weighted by Crippen LogP contribution is 2.38. The average Bonchev–Trinajstić information content (AvgIpc) is 3.47. The number of piperazine rings is 1. The molecular weight excluding hydrogens is 500 g/mol. The van der Waals surface area contributed by atoms with Gasteiger partial charge in [-0.2, -0.15) is 4.31 Å². The number of hydrogen-bond acceptors (Lipinski definition) is 5. The molecule has 0 aliphatic carbocycles. The monoisotopic (exact) mass is 526 g/mol. The first-order chi connectivity index (χ1) is 18.3. The number of rotatable bonds is 5. The Morgan fingerprint density at radius 2 is 1.34 bits per heavy atom. The van der Waals surface area contributed by atoms with Crippen molar-refractivity contribution in [1.82, 2.24) is 14.2 Å². The minimum atomic E-state index is -3.53. The number of aromatic hydroxyl groups is 1. The highest BCUT2D eigenvalue weighted by atomic mass is 32.2. The molecule has 0 radical (unpaired) electrons. The lowest BCUT2D eigenvalue weighted by atomic mass is 9.98. The topological polar surface area (TPSA) is 106 Å². The summed E-state index contributed by atoms with van der Waals surface area (Å²) >= 11 is 0. The van der Waals surface area contributed by atoms with E-state index in [9.17, 15) is 18.3 Å². The van der Waals surface area contributed by atoms with Gasteiger partial charge in [-0.15, -0.1) is 0 Å². The van der Waals surface area contributed by atoms with Crippen molar-refractivity contribution in [3.8, 4) is 28.3 Å². The number of carbonyl (C=O) groups excluding carboxylic acids is 1. The van der Waals surface area contributed by atoms with Crippen molar-refractivity contribution in [2.75, 3.05) is 33.2 Å². The first kappa shape index (κ1) is 24.3. The van der Waals surface area contributed by atoms with E-state index in [1.807, 2.05) is 61.6 Å². The molecule has 6 rings (SSSR count). The number of aromatic amines is 1. The zero-order valence-electron chi connectivity index (χ0n) is 20.8. The van der Waals surface area contributed by atoms with E-state index in [-0.39, 0.29) is 10.8 Å². The first-order valence-corrected chi connectivity index (χ1v) is 13.8. The fourth-order valence-electron chi connectivity index (χ4n) is 4.99. The van der Waals surface area contributed by atoms with Gasteiger partial charge in [-0.05, 0) is 35.9 Å². The van der Waals surface area contributed by atoms with Crippen LogP contribution < -0.4 is 0 Å². The Hall–Kier alpha value is -4.05. The smallest absolute Gasteiger partial charge is 0.280 e. The van der Waals surface area contributed by atoms with Gasteiger partial charge in [0.05, 0.1) is 27.4 Å². The van der Waals surface area contributed by atoms with E-state index >= 15 is 0 Å². The standard InChI is InChI=1S/C29H26N4O4S/c1-32-15-17-33(18-16-32)38(36,37)23-13-11-20(12-14-23)19-7-9-22(10-8-19)27-25-24(28(34)31-27)26(30-29(25)35)21-5-3-2-4-6-21/h2-14,30,35H,15-18H2,1H3. The number of carbonyl (C=O) groups is 1. The van der Waals surface area contributed by atoms with Crippen LogP contribution in [0.3, 0.4) is 0 Å². The largest absolute Gasteiger partial charge is 0.494 e. The Kier molecular flexibility index (Phi) is 5.98. The van der Waals surface area contributed by atoms with Crippen molar-refractivity contribution in [1.29, 1.82) is 0 Å². The average molecular weight is 527 g/mol. The Balaban J connectivity index is 1.25. The zero-order valence-corrected chi connectivity index (χ0v) is 21.6. The number of nitrogens with zero attached hydrogens (tertiary/aromatic N) is 3. The predicted octanol–water partition coefficient (Wildman–Crippen LogP) is 3.98. The summed E-state index contributed by atoms with van der Waals surface area (Å²) in [6.07, 6.45) is 0. The second-order valence-electron chi connectivity index (χ2n) is 9.54. The molecule has 1 amide bonds. The third-order valence-corrected chi connectivity index (χ3v) is 9.07. The fourth-order valence-corrected chi connectivity index (χ4v) is 6.41. The highest BCUT2D eigenvalue weighted by molar-refractivity contribution is 7.89. The Labute approximate surface area is 220 Å². The molecule has 2 aliphatic heterocycles. The summed E-state index contributed by atoms with van der Waals surface area (Å²) < 4.78 is 27.6. The van der Waals surface area contributed by atoms with Gasteiger partial charge >= 0.3 is 0 Å². The number of H-pyrrole nitrogens is 1. The van der Waals surface area contributed by atoms with Crippen LogP contribution in [0.2, 0.25) is 0 Å². The van der Waals surface area contributed by atoms with E-state index in [1.54, 1.807) is 24.3 Å². The van der Waals surface area contributed by atoms with E-state index < -0.39 is 15.9 Å². The molecule has 9 heteroatoms. The fraction of sp³-hybridized carbons (Fsp3) is 0.172. The lowest BCUT2D eigenvalue weighted by Gasteiger charge is -2.31. The van der Waals surface area contributed by atoms with E-state index in [4.69, 9.17) is 0 Å². The number of hydrogen-bond donors (Lipinski definition) is 2. The molecule has 0 spiro atoms. The van der Waals surface area contributed by atoms with Crippen molar-refractivity contribution >= 4 is 21.6 Å². The van der Waals surface area contributed by atoms with Gasteiger partial charge in [-0.25, -0.2) is 13.4 Å². The van der Waals surface area contributed by atoms with E-state index in [2.05, 4.69) is 14.9 Å². The second kappa shape index (κ2) is 9.36. The van der Waals surface area contributed by atoms with Crippen LogP contribution in [0.1, 0.15) is 21.5 Å². The Morgan fingerprint density at radius 3 is 1.97 bits per heavy atom. The van der Waals surface area contributed by atoms with Gasteiger partial charge < -0.3 is 15.0 Å². The predicted molar refractivity (Wildman–Crippen MR) is 146 cm³/mol. The van der Waals surface area contributed by atoms with E-state index in [1.165, 1.54) is 4.31 Å². The molecule has 38 heavy (non-hydrogen) atoms. The van der Waals surface area contributed by atoms with Gasteiger partial charge in [-0.3, -0.25) is 4.79 Å². The number of aliphatic imine (C=N–C) groups is 1. The normalized spacial score (nSPS) is 16.4. The minimum Gasteiger partial charge on any atom is -0.494 e. The number of amides is 1. The summed E-state index contributed by atoms with van der Waals surface area (Å²) in [5, 5.41) is 10.7. The molecule has 0 bridgehead atoms. The lowest BCUT2D eigenvalue weighted by molar-refractivity contribution is 0.101. The van der Waals surface area contributed by atoms with Crippen LogP contribution in [0, 0.1) is 0 Å². The van der Waals surface area contributed by atoms with Crippen molar-refractivity contribution in [2.24, 2.45) is 4.99 Å². The van der Waals surface area contributed by atoms with Crippen molar-refractivity contribution in [2.45, 2.75) is 4.90 Å². The summed E-state index contributed by atoms with van der Waals surface area (Å²) in [5.74, 6) is -0.490. The third-order valence-electron chi connectivity index (χ3n) is 7.15. The Bertz CT molecular complexity index is 1650. The number of fused-ring (bicyclic) bond motifs is 1. The van der Waals surface area contributed by atoms with E-state index in [0.717, 1.165) is 29.8 Å².